The zero-order valence-corrected chi connectivity index (χ0v) is 16.4. The maximum absolute atomic E-state index is 13.0. The minimum Gasteiger partial charge on any atom is -0.491 e. The second-order valence-corrected chi connectivity index (χ2v) is 8.23. The Bertz CT molecular complexity index is 725. The molecule has 2 rings (SSSR count). The van der Waals surface area contributed by atoms with E-state index in [2.05, 4.69) is 15.6 Å². The van der Waals surface area contributed by atoms with E-state index in [1.807, 2.05) is 20.8 Å². The third kappa shape index (κ3) is 6.38. The first kappa shape index (κ1) is 22.0. The van der Waals surface area contributed by atoms with Gasteiger partial charge in [-0.2, -0.15) is 13.2 Å². The average molecular weight is 401 g/mol. The lowest BCUT2D eigenvalue weighted by atomic mass is 9.87. The van der Waals surface area contributed by atoms with Gasteiger partial charge in [-0.1, -0.05) is 20.8 Å². The number of alkyl halides is 3. The molecular formula is C19H26F3N3O3. The summed E-state index contributed by atoms with van der Waals surface area (Å²) in [6.45, 7) is 5.96. The fourth-order valence-electron chi connectivity index (χ4n) is 2.59. The normalized spacial score (nSPS) is 15.7. The van der Waals surface area contributed by atoms with Gasteiger partial charge in [-0.3, -0.25) is 9.59 Å². The molecule has 1 aromatic heterocycles. The summed E-state index contributed by atoms with van der Waals surface area (Å²) in [6, 6.07) is -0.0685. The van der Waals surface area contributed by atoms with E-state index in [4.69, 9.17) is 4.74 Å². The summed E-state index contributed by atoms with van der Waals surface area (Å²) < 4.78 is 44.5. The highest BCUT2D eigenvalue weighted by atomic mass is 19.4. The number of nitrogens with zero attached hydrogens (tertiary/aromatic N) is 1. The van der Waals surface area contributed by atoms with Crippen LogP contribution in [0.5, 0.6) is 5.75 Å². The van der Waals surface area contributed by atoms with Crippen LogP contribution >= 0.6 is 0 Å². The highest BCUT2D eigenvalue weighted by Crippen LogP contribution is 2.34. The van der Waals surface area contributed by atoms with Crippen molar-refractivity contribution in [1.29, 1.82) is 0 Å². The maximum Gasteiger partial charge on any atom is 0.418 e. The van der Waals surface area contributed by atoms with Gasteiger partial charge >= 0.3 is 6.18 Å². The van der Waals surface area contributed by atoms with Crippen LogP contribution in [0.2, 0.25) is 0 Å². The third-order valence-corrected chi connectivity index (χ3v) is 4.25. The molecule has 156 valence electrons. The van der Waals surface area contributed by atoms with Gasteiger partial charge in [0.25, 0.3) is 5.91 Å². The molecule has 1 heterocycles. The van der Waals surface area contributed by atoms with Gasteiger partial charge in [0, 0.05) is 13.2 Å². The number of pyridine rings is 1. The Morgan fingerprint density at radius 1 is 1.29 bits per heavy atom. The van der Waals surface area contributed by atoms with Crippen LogP contribution < -0.4 is 15.4 Å². The summed E-state index contributed by atoms with van der Waals surface area (Å²) in [7, 11) is 1.45. The highest BCUT2D eigenvalue weighted by molar-refractivity contribution is 5.98. The van der Waals surface area contributed by atoms with Crippen LogP contribution in [0.4, 0.5) is 13.2 Å². The fourth-order valence-corrected chi connectivity index (χ4v) is 2.59. The molecule has 1 aromatic rings. The number of hydrogen-bond acceptors (Lipinski definition) is 4. The molecule has 0 unspecified atom stereocenters. The van der Waals surface area contributed by atoms with Crippen LogP contribution in [-0.2, 0) is 11.0 Å². The standard InChI is InChI=1S/C19H26F3N3O3/c1-18(2,3)8-13(16(26)23-4)25-17(27)15-14(28-10-11-5-6-11)7-12(9-24-15)19(20,21)22/h7,9,11,13H,5-6,8,10H2,1-4H3,(H,23,26)(H,25,27)/t13-/m0/s1. The molecule has 6 nitrogen and oxygen atoms in total. The minimum atomic E-state index is -4.60. The van der Waals surface area contributed by atoms with Crippen molar-refractivity contribution in [2.45, 2.75) is 52.3 Å². The van der Waals surface area contributed by atoms with E-state index in [1.54, 1.807) is 0 Å². The molecule has 1 fully saturated rings. The van der Waals surface area contributed by atoms with Crippen LogP contribution in [0.25, 0.3) is 0 Å². The first-order valence-electron chi connectivity index (χ1n) is 9.13. The van der Waals surface area contributed by atoms with E-state index in [-0.39, 0.29) is 29.4 Å². The molecule has 0 aliphatic heterocycles. The van der Waals surface area contributed by atoms with Gasteiger partial charge in [0.05, 0.1) is 12.2 Å². The first-order valence-corrected chi connectivity index (χ1v) is 9.13. The number of carbonyl (C=O) groups excluding carboxylic acids is 2. The molecule has 2 N–H and O–H groups in total. The Labute approximate surface area is 162 Å². The van der Waals surface area contributed by atoms with E-state index in [0.717, 1.165) is 18.9 Å². The van der Waals surface area contributed by atoms with Gasteiger partial charge in [-0.15, -0.1) is 0 Å². The van der Waals surface area contributed by atoms with Crippen molar-refractivity contribution in [2.24, 2.45) is 11.3 Å². The smallest absolute Gasteiger partial charge is 0.418 e. The molecule has 0 bridgehead atoms. The van der Waals surface area contributed by atoms with Crippen LogP contribution in [0.3, 0.4) is 0 Å². The monoisotopic (exact) mass is 401 g/mol. The van der Waals surface area contributed by atoms with Gasteiger partial charge in [0.2, 0.25) is 5.91 Å². The fraction of sp³-hybridized carbons (Fsp3) is 0.632. The molecule has 1 aliphatic carbocycles. The van der Waals surface area contributed by atoms with E-state index in [0.29, 0.717) is 12.6 Å². The van der Waals surface area contributed by atoms with Crippen LogP contribution in [0.15, 0.2) is 12.3 Å². The van der Waals surface area contributed by atoms with Gasteiger partial charge < -0.3 is 15.4 Å². The molecule has 9 heteroatoms. The van der Waals surface area contributed by atoms with Crippen molar-refractivity contribution in [3.8, 4) is 5.75 Å². The molecule has 0 radical (unpaired) electrons. The summed E-state index contributed by atoms with van der Waals surface area (Å²) in [4.78, 5) is 28.5. The molecule has 2 amide bonds. The molecule has 0 spiro atoms. The van der Waals surface area contributed by atoms with Crippen LogP contribution in [0.1, 0.15) is 56.1 Å². The number of nitrogens with one attached hydrogen (secondary N) is 2. The topological polar surface area (TPSA) is 80.3 Å². The second-order valence-electron chi connectivity index (χ2n) is 8.23. The molecule has 1 saturated carbocycles. The number of aromatic nitrogens is 1. The van der Waals surface area contributed by atoms with E-state index < -0.39 is 29.6 Å². The number of likely N-dealkylation sites (N-methyl/N-ethyl adjacent to an activating group) is 1. The summed E-state index contributed by atoms with van der Waals surface area (Å²) in [5.41, 5.74) is -1.52. The van der Waals surface area contributed by atoms with Crippen LogP contribution in [0, 0.1) is 11.3 Å². The molecule has 1 aliphatic rings. The predicted octanol–water partition coefficient (Wildman–Crippen LogP) is 3.17. The van der Waals surface area contributed by atoms with Crippen molar-refractivity contribution < 1.29 is 27.5 Å². The zero-order valence-electron chi connectivity index (χ0n) is 16.4. The van der Waals surface area contributed by atoms with Crippen LogP contribution in [-0.4, -0.2) is 36.5 Å². The largest absolute Gasteiger partial charge is 0.491 e. The Morgan fingerprint density at radius 2 is 1.93 bits per heavy atom. The van der Waals surface area contributed by atoms with Gasteiger partial charge in [0.15, 0.2) is 11.4 Å². The minimum absolute atomic E-state index is 0.226. The Hall–Kier alpha value is -2.32. The molecule has 1 atom stereocenters. The molecule has 0 saturated heterocycles. The van der Waals surface area contributed by atoms with E-state index in [1.165, 1.54) is 7.05 Å². The van der Waals surface area contributed by atoms with Crippen molar-refractivity contribution in [3.63, 3.8) is 0 Å². The maximum atomic E-state index is 13.0. The highest BCUT2D eigenvalue weighted by Gasteiger charge is 2.34. The quantitative estimate of drug-likeness (QED) is 0.736. The number of rotatable bonds is 7. The number of carbonyl (C=O) groups is 2. The SMILES string of the molecule is CNC(=O)[C@H](CC(C)(C)C)NC(=O)c1ncc(C(F)(F)F)cc1OCC1CC1. The van der Waals surface area contributed by atoms with Crippen molar-refractivity contribution in [3.05, 3.63) is 23.5 Å². The Morgan fingerprint density at radius 3 is 2.43 bits per heavy atom. The van der Waals surface area contributed by atoms with Crippen molar-refractivity contribution in [2.75, 3.05) is 13.7 Å². The zero-order chi connectivity index (χ0) is 21.1. The second kappa shape index (κ2) is 8.36. The number of amides is 2. The number of ether oxygens (including phenoxy) is 1. The summed E-state index contributed by atoms with van der Waals surface area (Å²) in [6.07, 6.45) is -1.78. The summed E-state index contributed by atoms with van der Waals surface area (Å²) in [5, 5.41) is 5.05. The lowest BCUT2D eigenvalue weighted by molar-refractivity contribution is -0.138. The lowest BCUT2D eigenvalue weighted by Crippen LogP contribution is -2.47. The predicted molar refractivity (Wildman–Crippen MR) is 96.9 cm³/mol. The molecular weight excluding hydrogens is 375 g/mol. The van der Waals surface area contributed by atoms with Gasteiger partial charge in [-0.25, -0.2) is 4.98 Å². The molecule has 0 aromatic carbocycles. The summed E-state index contributed by atoms with van der Waals surface area (Å²) in [5.74, 6) is -1.09. The summed E-state index contributed by atoms with van der Waals surface area (Å²) >= 11 is 0. The Balaban J connectivity index is 2.26. The third-order valence-electron chi connectivity index (χ3n) is 4.25. The average Bonchev–Trinajstić information content (AvgIpc) is 3.40. The lowest BCUT2D eigenvalue weighted by Gasteiger charge is -2.25. The van der Waals surface area contributed by atoms with Gasteiger partial charge in [-0.05, 0) is 36.7 Å². The van der Waals surface area contributed by atoms with Gasteiger partial charge in [0.1, 0.15) is 6.04 Å². The van der Waals surface area contributed by atoms with E-state index >= 15 is 0 Å². The number of halogens is 3. The van der Waals surface area contributed by atoms with Crippen molar-refractivity contribution >= 4 is 11.8 Å². The first-order chi connectivity index (χ1) is 12.9. The van der Waals surface area contributed by atoms with Crippen molar-refractivity contribution in [1.82, 2.24) is 15.6 Å². The van der Waals surface area contributed by atoms with E-state index in [9.17, 15) is 22.8 Å². The number of hydrogen-bond donors (Lipinski definition) is 2. The molecule has 28 heavy (non-hydrogen) atoms. The Kier molecular flexibility index (Phi) is 6.56.